The van der Waals surface area contributed by atoms with Crippen LogP contribution >= 0.6 is 0 Å². The second-order valence-electron chi connectivity index (χ2n) is 8.12. The third-order valence-corrected chi connectivity index (χ3v) is 5.51. The first-order valence-electron chi connectivity index (χ1n) is 11.9. The molecule has 3 aromatic rings. The number of hydrogen-bond donors (Lipinski definition) is 0. The highest BCUT2D eigenvalue weighted by Crippen LogP contribution is 2.16. The number of carbonyl (C=O) groups excluding carboxylic acids is 2. The molecule has 3 aromatic carbocycles. The summed E-state index contributed by atoms with van der Waals surface area (Å²) < 4.78 is 10.9. The summed E-state index contributed by atoms with van der Waals surface area (Å²) in [7, 11) is 0. The average Bonchev–Trinajstić information content (AvgIpc) is 2.87. The van der Waals surface area contributed by atoms with Crippen LogP contribution in [-0.4, -0.2) is 36.5 Å². The maximum atomic E-state index is 13.1. The van der Waals surface area contributed by atoms with E-state index in [1.165, 1.54) is 5.56 Å². The van der Waals surface area contributed by atoms with Gasteiger partial charge in [-0.2, -0.15) is 0 Å². The number of amides is 1. The summed E-state index contributed by atoms with van der Waals surface area (Å²) >= 11 is 0. The van der Waals surface area contributed by atoms with Crippen LogP contribution in [0.15, 0.2) is 84.9 Å². The van der Waals surface area contributed by atoms with E-state index in [1.807, 2.05) is 77.7 Å². The third-order valence-electron chi connectivity index (χ3n) is 5.51. The van der Waals surface area contributed by atoms with Crippen LogP contribution in [0.2, 0.25) is 0 Å². The number of nitrogens with zero attached hydrogens (tertiary/aromatic N) is 1. The largest absolute Gasteiger partial charge is 0.489 e. The molecule has 0 aliphatic rings. The predicted octanol–water partition coefficient (Wildman–Crippen LogP) is 5.22. The van der Waals surface area contributed by atoms with Crippen molar-refractivity contribution in [2.24, 2.45) is 0 Å². The molecule has 5 heteroatoms. The molecule has 34 heavy (non-hydrogen) atoms. The van der Waals surface area contributed by atoms with Crippen molar-refractivity contribution in [3.63, 3.8) is 0 Å². The van der Waals surface area contributed by atoms with Crippen molar-refractivity contribution in [1.82, 2.24) is 4.90 Å². The standard InChI is InChI=1S/C29H33NO4/c1-2-33-29(32)14-9-20-30(21-19-24-10-5-3-6-11-24)28(31)22-25-15-17-27(18-16-25)34-23-26-12-7-4-8-13-26/h3-8,10-13,15-18H,2,9,14,19-23H2,1H3. The molecule has 0 N–H and O–H groups in total. The molecule has 0 bridgehead atoms. The molecule has 1 amide bonds. The number of ether oxygens (including phenoxy) is 2. The molecule has 0 aromatic heterocycles. The molecule has 0 fully saturated rings. The zero-order valence-electron chi connectivity index (χ0n) is 19.8. The van der Waals surface area contributed by atoms with E-state index in [1.54, 1.807) is 6.92 Å². The molecular weight excluding hydrogens is 426 g/mol. The van der Waals surface area contributed by atoms with Crippen molar-refractivity contribution in [3.05, 3.63) is 102 Å². The Bertz CT molecular complexity index is 1000. The fraction of sp³-hybridized carbons (Fsp3) is 0.310. The van der Waals surface area contributed by atoms with E-state index < -0.39 is 0 Å². The van der Waals surface area contributed by atoms with Gasteiger partial charge >= 0.3 is 5.97 Å². The fourth-order valence-electron chi connectivity index (χ4n) is 3.65. The molecule has 0 saturated carbocycles. The third kappa shape index (κ3) is 8.74. The van der Waals surface area contributed by atoms with Gasteiger partial charge in [-0.3, -0.25) is 9.59 Å². The minimum atomic E-state index is -0.218. The number of carbonyl (C=O) groups is 2. The number of rotatable bonds is 13. The van der Waals surface area contributed by atoms with Crippen LogP contribution in [0.3, 0.4) is 0 Å². The van der Waals surface area contributed by atoms with E-state index in [2.05, 4.69) is 12.1 Å². The van der Waals surface area contributed by atoms with Crippen LogP contribution in [0, 0.1) is 0 Å². The zero-order chi connectivity index (χ0) is 24.0. The van der Waals surface area contributed by atoms with Crippen molar-refractivity contribution < 1.29 is 19.1 Å². The van der Waals surface area contributed by atoms with Gasteiger partial charge in [0.15, 0.2) is 0 Å². The minimum absolute atomic E-state index is 0.0535. The Balaban J connectivity index is 1.54. The maximum absolute atomic E-state index is 13.1. The van der Waals surface area contributed by atoms with Gasteiger partial charge in [0.05, 0.1) is 13.0 Å². The van der Waals surface area contributed by atoms with Crippen LogP contribution in [0.4, 0.5) is 0 Å². The molecule has 178 valence electrons. The summed E-state index contributed by atoms with van der Waals surface area (Å²) in [6, 6.07) is 27.8. The van der Waals surface area contributed by atoms with Crippen LogP contribution in [0.25, 0.3) is 0 Å². The molecule has 3 rings (SSSR count). The summed E-state index contributed by atoms with van der Waals surface area (Å²) in [6.45, 7) is 3.83. The minimum Gasteiger partial charge on any atom is -0.489 e. The van der Waals surface area contributed by atoms with E-state index in [-0.39, 0.29) is 11.9 Å². The van der Waals surface area contributed by atoms with Crippen LogP contribution in [0.1, 0.15) is 36.5 Å². The molecule has 0 unspecified atom stereocenters. The Labute approximate surface area is 202 Å². The van der Waals surface area contributed by atoms with Gasteiger partial charge in [-0.15, -0.1) is 0 Å². The lowest BCUT2D eigenvalue weighted by Crippen LogP contribution is -2.35. The highest BCUT2D eigenvalue weighted by atomic mass is 16.5. The number of esters is 1. The lowest BCUT2D eigenvalue weighted by atomic mass is 10.1. The highest BCUT2D eigenvalue weighted by Gasteiger charge is 2.15. The summed E-state index contributed by atoms with van der Waals surface area (Å²) in [4.78, 5) is 26.7. The first-order valence-corrected chi connectivity index (χ1v) is 11.9. The number of hydrogen-bond acceptors (Lipinski definition) is 4. The van der Waals surface area contributed by atoms with Gasteiger partial charge in [-0.05, 0) is 48.6 Å². The molecule has 0 heterocycles. The van der Waals surface area contributed by atoms with Gasteiger partial charge in [0, 0.05) is 19.5 Å². The van der Waals surface area contributed by atoms with Crippen LogP contribution < -0.4 is 4.74 Å². The van der Waals surface area contributed by atoms with Crippen LogP contribution in [0.5, 0.6) is 5.75 Å². The normalized spacial score (nSPS) is 10.5. The Morgan fingerprint density at radius 3 is 2.06 bits per heavy atom. The molecule has 0 atom stereocenters. The molecule has 5 nitrogen and oxygen atoms in total. The topological polar surface area (TPSA) is 55.8 Å². The average molecular weight is 460 g/mol. The molecular formula is C29H33NO4. The van der Waals surface area contributed by atoms with Crippen molar-refractivity contribution in [2.75, 3.05) is 19.7 Å². The molecule has 0 aliphatic heterocycles. The number of benzene rings is 3. The molecule has 0 saturated heterocycles. The lowest BCUT2D eigenvalue weighted by molar-refractivity contribution is -0.143. The van der Waals surface area contributed by atoms with Crippen molar-refractivity contribution in [1.29, 1.82) is 0 Å². The maximum Gasteiger partial charge on any atom is 0.305 e. The van der Waals surface area contributed by atoms with Gasteiger partial charge in [0.2, 0.25) is 5.91 Å². The van der Waals surface area contributed by atoms with Gasteiger partial charge in [-0.1, -0.05) is 72.8 Å². The SMILES string of the molecule is CCOC(=O)CCCN(CCc1ccccc1)C(=O)Cc1ccc(OCc2ccccc2)cc1. The second kappa shape index (κ2) is 13.8. The molecule has 0 radical (unpaired) electrons. The Morgan fingerprint density at radius 1 is 0.765 bits per heavy atom. The predicted molar refractivity (Wildman–Crippen MR) is 134 cm³/mol. The monoisotopic (exact) mass is 459 g/mol. The van der Waals surface area contributed by atoms with E-state index in [4.69, 9.17) is 9.47 Å². The highest BCUT2D eigenvalue weighted by molar-refractivity contribution is 5.79. The molecule has 0 spiro atoms. The van der Waals surface area contributed by atoms with Gasteiger partial charge in [-0.25, -0.2) is 0 Å². The fourth-order valence-corrected chi connectivity index (χ4v) is 3.65. The quantitative estimate of drug-likeness (QED) is 0.329. The Hall–Kier alpha value is -3.60. The smallest absolute Gasteiger partial charge is 0.305 e. The molecule has 0 aliphatic carbocycles. The van der Waals surface area contributed by atoms with E-state index >= 15 is 0 Å². The first-order chi connectivity index (χ1) is 16.6. The van der Waals surface area contributed by atoms with E-state index in [0.717, 1.165) is 23.3 Å². The summed E-state index contributed by atoms with van der Waals surface area (Å²) in [6.07, 6.45) is 1.99. The summed E-state index contributed by atoms with van der Waals surface area (Å²) in [5, 5.41) is 0. The van der Waals surface area contributed by atoms with Gasteiger partial charge in [0.25, 0.3) is 0 Å². The van der Waals surface area contributed by atoms with Crippen molar-refractivity contribution in [3.8, 4) is 5.75 Å². The van der Waals surface area contributed by atoms with Crippen LogP contribution in [-0.2, 0) is 33.8 Å². The Morgan fingerprint density at radius 2 is 1.41 bits per heavy atom. The zero-order valence-corrected chi connectivity index (χ0v) is 19.8. The summed E-state index contributed by atoms with van der Waals surface area (Å²) in [5.74, 6) is 0.609. The second-order valence-corrected chi connectivity index (χ2v) is 8.12. The first kappa shape index (κ1) is 25.0. The Kier molecular flexibility index (Phi) is 10.2. The summed E-state index contributed by atoms with van der Waals surface area (Å²) in [5.41, 5.74) is 3.23. The van der Waals surface area contributed by atoms with Gasteiger partial charge in [0.1, 0.15) is 12.4 Å². The van der Waals surface area contributed by atoms with Crippen molar-refractivity contribution >= 4 is 11.9 Å². The lowest BCUT2D eigenvalue weighted by Gasteiger charge is -2.23. The van der Waals surface area contributed by atoms with E-state index in [0.29, 0.717) is 45.6 Å². The van der Waals surface area contributed by atoms with Gasteiger partial charge < -0.3 is 14.4 Å². The van der Waals surface area contributed by atoms with Crippen molar-refractivity contribution in [2.45, 2.75) is 39.2 Å². The van der Waals surface area contributed by atoms with E-state index in [9.17, 15) is 9.59 Å².